The Morgan fingerprint density at radius 1 is 0.943 bits per heavy atom. The van der Waals surface area contributed by atoms with E-state index in [0.717, 1.165) is 35.2 Å². The third kappa shape index (κ3) is 4.06. The first-order valence-electron chi connectivity index (χ1n) is 11.9. The zero-order chi connectivity index (χ0) is 24.7. The van der Waals surface area contributed by atoms with E-state index in [4.69, 9.17) is 12.2 Å². The number of hydrogen-bond donors (Lipinski definition) is 0. The van der Waals surface area contributed by atoms with Gasteiger partial charge in [-0.3, -0.25) is 9.69 Å². The van der Waals surface area contributed by atoms with Crippen LogP contribution in [-0.2, 0) is 17.8 Å². The summed E-state index contributed by atoms with van der Waals surface area (Å²) in [7, 11) is 1.87. The Bertz CT molecular complexity index is 1480. The molecule has 1 saturated heterocycles. The summed E-state index contributed by atoms with van der Waals surface area (Å²) in [6.45, 7) is 7.07. The van der Waals surface area contributed by atoms with Gasteiger partial charge in [0.15, 0.2) is 5.11 Å². The topological polar surface area (TPSA) is 28.5 Å². The van der Waals surface area contributed by atoms with Gasteiger partial charge in [0, 0.05) is 30.7 Å². The van der Waals surface area contributed by atoms with E-state index in [2.05, 4.69) is 74.0 Å². The highest BCUT2D eigenvalue weighted by Crippen LogP contribution is 2.32. The van der Waals surface area contributed by atoms with Crippen LogP contribution in [0.15, 0.2) is 78.6 Å². The third-order valence-electron chi connectivity index (χ3n) is 6.89. The van der Waals surface area contributed by atoms with E-state index in [1.54, 1.807) is 4.90 Å². The standard InChI is InChI=1S/C30H29N3OS/c1-5-23-12-9-13-26-24(19-32(28(23)26)18-22-10-7-6-8-11-22)17-27-29(34)33(30(35)31(27)4)25-15-14-20(2)21(3)16-25/h6-17,19H,5,18H2,1-4H3/b27-17-. The molecule has 5 rings (SSSR count). The third-order valence-corrected chi connectivity index (χ3v) is 7.35. The van der Waals surface area contributed by atoms with E-state index in [1.807, 2.05) is 42.3 Å². The predicted molar refractivity (Wildman–Crippen MR) is 149 cm³/mol. The number of fused-ring (bicyclic) bond motifs is 1. The molecule has 4 aromatic rings. The Balaban J connectivity index is 1.60. The number of benzene rings is 3. The highest BCUT2D eigenvalue weighted by molar-refractivity contribution is 7.80. The van der Waals surface area contributed by atoms with Crippen LogP contribution in [0.1, 0.15) is 34.7 Å². The van der Waals surface area contributed by atoms with Gasteiger partial charge in [-0.05, 0) is 72.9 Å². The van der Waals surface area contributed by atoms with Gasteiger partial charge in [-0.2, -0.15) is 0 Å². The molecule has 4 nitrogen and oxygen atoms in total. The van der Waals surface area contributed by atoms with Crippen molar-refractivity contribution in [2.45, 2.75) is 33.7 Å². The lowest BCUT2D eigenvalue weighted by atomic mass is 10.1. The number of rotatable bonds is 5. The maximum Gasteiger partial charge on any atom is 0.281 e. The molecule has 176 valence electrons. The molecule has 2 heterocycles. The molecule has 1 aromatic heterocycles. The second kappa shape index (κ2) is 9.16. The molecule has 3 aromatic carbocycles. The summed E-state index contributed by atoms with van der Waals surface area (Å²) < 4.78 is 2.30. The number of aryl methyl sites for hydroxylation is 3. The second-order valence-electron chi connectivity index (χ2n) is 9.15. The van der Waals surface area contributed by atoms with E-state index >= 15 is 0 Å². The van der Waals surface area contributed by atoms with Gasteiger partial charge in [-0.1, -0.05) is 61.5 Å². The molecule has 0 aliphatic carbocycles. The SMILES string of the molecule is CCc1cccc2c(/C=C3/C(=O)N(c4ccc(C)c(C)c4)C(=S)N3C)cn(Cc3ccccc3)c12. The van der Waals surface area contributed by atoms with Crippen LogP contribution < -0.4 is 4.90 Å². The molecule has 5 heteroatoms. The average molecular weight is 480 g/mol. The van der Waals surface area contributed by atoms with Crippen LogP contribution in [-0.4, -0.2) is 27.5 Å². The van der Waals surface area contributed by atoms with Crippen molar-refractivity contribution in [3.05, 3.63) is 106 Å². The van der Waals surface area contributed by atoms with Crippen LogP contribution in [0, 0.1) is 13.8 Å². The van der Waals surface area contributed by atoms with E-state index in [9.17, 15) is 4.79 Å². The normalized spacial score (nSPS) is 15.1. The summed E-state index contributed by atoms with van der Waals surface area (Å²) in [5, 5.41) is 1.64. The molecular weight excluding hydrogens is 450 g/mol. The summed E-state index contributed by atoms with van der Waals surface area (Å²) in [4.78, 5) is 17.1. The lowest BCUT2D eigenvalue weighted by Gasteiger charge is -2.17. The molecule has 35 heavy (non-hydrogen) atoms. The summed E-state index contributed by atoms with van der Waals surface area (Å²) in [5.41, 5.74) is 8.47. The molecule has 1 aliphatic heterocycles. The van der Waals surface area contributed by atoms with Gasteiger partial charge in [0.1, 0.15) is 5.70 Å². The quantitative estimate of drug-likeness (QED) is 0.242. The first kappa shape index (κ1) is 23.1. The highest BCUT2D eigenvalue weighted by Gasteiger charge is 2.37. The van der Waals surface area contributed by atoms with Gasteiger partial charge in [0.2, 0.25) is 0 Å². The summed E-state index contributed by atoms with van der Waals surface area (Å²) >= 11 is 5.70. The number of anilines is 1. The molecule has 0 atom stereocenters. The minimum Gasteiger partial charge on any atom is -0.342 e. The second-order valence-corrected chi connectivity index (χ2v) is 9.51. The molecule has 0 N–H and O–H groups in total. The van der Waals surface area contributed by atoms with Crippen molar-refractivity contribution in [2.24, 2.45) is 0 Å². The van der Waals surface area contributed by atoms with E-state index in [0.29, 0.717) is 10.8 Å². The van der Waals surface area contributed by atoms with Gasteiger partial charge in [0.05, 0.1) is 11.2 Å². The highest BCUT2D eigenvalue weighted by atomic mass is 32.1. The van der Waals surface area contributed by atoms with Crippen LogP contribution in [0.3, 0.4) is 0 Å². The zero-order valence-corrected chi connectivity index (χ0v) is 21.4. The van der Waals surface area contributed by atoms with E-state index in [-0.39, 0.29) is 5.91 Å². The Hall–Kier alpha value is -3.70. The molecule has 0 spiro atoms. The van der Waals surface area contributed by atoms with Gasteiger partial charge in [-0.25, -0.2) is 0 Å². The van der Waals surface area contributed by atoms with Crippen molar-refractivity contribution < 1.29 is 4.79 Å². The molecule has 1 amide bonds. The van der Waals surface area contributed by atoms with Crippen molar-refractivity contribution in [3.63, 3.8) is 0 Å². The maximum absolute atomic E-state index is 13.6. The van der Waals surface area contributed by atoms with Crippen LogP contribution in [0.5, 0.6) is 0 Å². The van der Waals surface area contributed by atoms with Crippen LogP contribution >= 0.6 is 12.2 Å². The van der Waals surface area contributed by atoms with Gasteiger partial charge in [-0.15, -0.1) is 0 Å². The van der Waals surface area contributed by atoms with E-state index in [1.165, 1.54) is 22.2 Å². The molecule has 0 bridgehead atoms. The number of carbonyl (C=O) groups is 1. The molecule has 1 fully saturated rings. The number of amides is 1. The minimum atomic E-state index is -0.101. The Labute approximate surface area is 212 Å². The Morgan fingerprint density at radius 2 is 1.71 bits per heavy atom. The summed E-state index contributed by atoms with van der Waals surface area (Å²) in [6.07, 6.45) is 5.08. The van der Waals surface area contributed by atoms with Gasteiger partial charge < -0.3 is 9.47 Å². The zero-order valence-electron chi connectivity index (χ0n) is 20.6. The number of hydrogen-bond acceptors (Lipinski definition) is 2. The Kier molecular flexibility index (Phi) is 6.03. The van der Waals surface area contributed by atoms with Gasteiger partial charge in [0.25, 0.3) is 5.91 Å². The Morgan fingerprint density at radius 3 is 2.43 bits per heavy atom. The lowest BCUT2D eigenvalue weighted by Crippen LogP contribution is -2.31. The van der Waals surface area contributed by atoms with Crippen molar-refractivity contribution in [2.75, 3.05) is 11.9 Å². The fraction of sp³-hybridized carbons (Fsp3) is 0.200. The number of aromatic nitrogens is 1. The van der Waals surface area contributed by atoms with Crippen molar-refractivity contribution >= 4 is 45.9 Å². The number of likely N-dealkylation sites (N-methyl/N-ethyl adjacent to an activating group) is 1. The molecule has 1 aliphatic rings. The molecule has 0 radical (unpaired) electrons. The maximum atomic E-state index is 13.6. The van der Waals surface area contributed by atoms with Crippen molar-refractivity contribution in [3.8, 4) is 0 Å². The van der Waals surface area contributed by atoms with Crippen LogP contribution in [0.4, 0.5) is 5.69 Å². The smallest absolute Gasteiger partial charge is 0.281 e. The number of para-hydroxylation sites is 1. The number of thiocarbonyl (C=S) groups is 1. The predicted octanol–water partition coefficient (Wildman–Crippen LogP) is 6.47. The molecule has 0 unspecified atom stereocenters. The molecule has 0 saturated carbocycles. The van der Waals surface area contributed by atoms with Crippen molar-refractivity contribution in [1.82, 2.24) is 9.47 Å². The summed E-state index contributed by atoms with van der Waals surface area (Å²) in [5.74, 6) is -0.101. The van der Waals surface area contributed by atoms with Crippen molar-refractivity contribution in [1.29, 1.82) is 0 Å². The number of carbonyl (C=O) groups excluding carboxylic acids is 1. The number of nitrogens with zero attached hydrogens (tertiary/aromatic N) is 3. The largest absolute Gasteiger partial charge is 0.342 e. The lowest BCUT2D eigenvalue weighted by molar-refractivity contribution is -0.114. The van der Waals surface area contributed by atoms with Gasteiger partial charge >= 0.3 is 0 Å². The van der Waals surface area contributed by atoms with Crippen LogP contribution in [0.25, 0.3) is 17.0 Å². The van der Waals surface area contributed by atoms with E-state index < -0.39 is 0 Å². The monoisotopic (exact) mass is 479 g/mol. The molecular formula is C30H29N3OS. The summed E-state index contributed by atoms with van der Waals surface area (Å²) in [6, 6.07) is 22.9. The van der Waals surface area contributed by atoms with Crippen LogP contribution in [0.2, 0.25) is 0 Å². The average Bonchev–Trinajstić information content (AvgIpc) is 3.31. The first-order chi connectivity index (χ1) is 16.9. The fourth-order valence-electron chi connectivity index (χ4n) is 4.77. The fourth-order valence-corrected chi connectivity index (χ4v) is 5.05. The first-order valence-corrected chi connectivity index (χ1v) is 12.4. The minimum absolute atomic E-state index is 0.101.